The number of nitrogens with one attached hydrogen (secondary N) is 2. The largest absolute Gasteiger partial charge is 0.355 e. The third-order valence-corrected chi connectivity index (χ3v) is 3.65. The van der Waals surface area contributed by atoms with Gasteiger partial charge in [0.2, 0.25) is 5.91 Å². The molecule has 1 saturated heterocycles. The third-order valence-electron chi connectivity index (χ3n) is 3.65. The highest BCUT2D eigenvalue weighted by Crippen LogP contribution is 2.26. The minimum Gasteiger partial charge on any atom is -0.355 e. The zero-order valence-electron chi connectivity index (χ0n) is 11.0. The van der Waals surface area contributed by atoms with Gasteiger partial charge in [0.25, 0.3) is 0 Å². The Morgan fingerprint density at radius 1 is 1.50 bits per heavy atom. The Bertz CT molecular complexity index is 368. The normalized spacial score (nSPS) is 18.5. The zero-order chi connectivity index (χ0) is 12.8. The molecular formula is C13H22N4O. The van der Waals surface area contributed by atoms with Gasteiger partial charge >= 0.3 is 0 Å². The number of aromatic nitrogens is 2. The highest BCUT2D eigenvalue weighted by atomic mass is 16.1. The van der Waals surface area contributed by atoms with Crippen LogP contribution >= 0.6 is 0 Å². The summed E-state index contributed by atoms with van der Waals surface area (Å²) in [6, 6.07) is 1.87. The first-order valence-electron chi connectivity index (χ1n) is 6.63. The van der Waals surface area contributed by atoms with Crippen molar-refractivity contribution in [1.82, 2.24) is 20.4 Å². The number of nitrogens with zero attached hydrogens (tertiary/aromatic N) is 2. The molecule has 0 radical (unpaired) electrons. The molecular weight excluding hydrogens is 228 g/mol. The molecule has 1 aromatic rings. The van der Waals surface area contributed by atoms with Crippen molar-refractivity contribution >= 4 is 5.91 Å². The van der Waals surface area contributed by atoms with Gasteiger partial charge in [0.15, 0.2) is 0 Å². The topological polar surface area (TPSA) is 59.0 Å². The first kappa shape index (κ1) is 13.1. The summed E-state index contributed by atoms with van der Waals surface area (Å²) in [5, 5.41) is 10.5. The van der Waals surface area contributed by atoms with Crippen molar-refractivity contribution in [3.63, 3.8) is 0 Å². The maximum absolute atomic E-state index is 11.8. The van der Waals surface area contributed by atoms with Gasteiger partial charge in [-0.05, 0) is 37.4 Å². The van der Waals surface area contributed by atoms with Crippen LogP contribution in [0.3, 0.4) is 0 Å². The summed E-state index contributed by atoms with van der Waals surface area (Å²) in [7, 11) is 0. The molecule has 1 aliphatic rings. The van der Waals surface area contributed by atoms with E-state index in [2.05, 4.69) is 22.7 Å². The minimum atomic E-state index is 0.116. The average molecular weight is 250 g/mol. The van der Waals surface area contributed by atoms with Crippen LogP contribution in [0.1, 0.15) is 26.2 Å². The summed E-state index contributed by atoms with van der Waals surface area (Å²) in [5.41, 5.74) is 0.257. The molecule has 100 valence electrons. The molecule has 5 heteroatoms. The van der Waals surface area contributed by atoms with Crippen molar-refractivity contribution < 1.29 is 4.79 Å². The smallest absolute Gasteiger partial charge is 0.221 e. The molecule has 0 atom stereocenters. The van der Waals surface area contributed by atoms with Crippen LogP contribution < -0.4 is 10.6 Å². The van der Waals surface area contributed by atoms with Gasteiger partial charge in [-0.2, -0.15) is 5.10 Å². The SMILES string of the molecule is CC1(CNC(=O)CCn2cccn2)CCNCC1. The molecule has 0 bridgehead atoms. The molecule has 0 saturated carbocycles. The molecule has 18 heavy (non-hydrogen) atoms. The van der Waals surface area contributed by atoms with Crippen LogP contribution in [0.25, 0.3) is 0 Å². The quantitative estimate of drug-likeness (QED) is 0.812. The number of hydrogen-bond donors (Lipinski definition) is 2. The number of carbonyl (C=O) groups is 1. The maximum atomic E-state index is 11.8. The molecule has 2 rings (SSSR count). The lowest BCUT2D eigenvalue weighted by atomic mass is 9.81. The summed E-state index contributed by atoms with van der Waals surface area (Å²) >= 11 is 0. The number of hydrogen-bond acceptors (Lipinski definition) is 3. The highest BCUT2D eigenvalue weighted by Gasteiger charge is 2.26. The first-order valence-corrected chi connectivity index (χ1v) is 6.63. The van der Waals surface area contributed by atoms with Crippen molar-refractivity contribution in [2.75, 3.05) is 19.6 Å². The van der Waals surface area contributed by atoms with E-state index in [4.69, 9.17) is 0 Å². The fraction of sp³-hybridized carbons (Fsp3) is 0.692. The van der Waals surface area contributed by atoms with Gasteiger partial charge in [0.05, 0.1) is 0 Å². The molecule has 5 nitrogen and oxygen atoms in total. The van der Waals surface area contributed by atoms with Gasteiger partial charge in [0, 0.05) is 31.9 Å². The first-order chi connectivity index (χ1) is 8.68. The number of amides is 1. The minimum absolute atomic E-state index is 0.116. The van der Waals surface area contributed by atoms with E-state index in [-0.39, 0.29) is 11.3 Å². The van der Waals surface area contributed by atoms with Crippen molar-refractivity contribution in [1.29, 1.82) is 0 Å². The van der Waals surface area contributed by atoms with E-state index in [9.17, 15) is 4.79 Å². The van der Waals surface area contributed by atoms with E-state index in [1.807, 2.05) is 12.3 Å². The highest BCUT2D eigenvalue weighted by molar-refractivity contribution is 5.75. The van der Waals surface area contributed by atoms with Gasteiger partial charge in [-0.15, -0.1) is 0 Å². The monoisotopic (exact) mass is 250 g/mol. The van der Waals surface area contributed by atoms with Crippen molar-refractivity contribution in [3.8, 4) is 0 Å². The Balaban J connectivity index is 1.68. The predicted octanol–water partition coefficient (Wildman–Crippen LogP) is 0.779. The molecule has 0 spiro atoms. The molecule has 0 unspecified atom stereocenters. The van der Waals surface area contributed by atoms with Crippen LogP contribution in [0.5, 0.6) is 0 Å². The van der Waals surface area contributed by atoms with E-state index >= 15 is 0 Å². The van der Waals surface area contributed by atoms with Crippen LogP contribution in [0.15, 0.2) is 18.5 Å². The summed E-state index contributed by atoms with van der Waals surface area (Å²) in [6.45, 7) is 5.80. The van der Waals surface area contributed by atoms with E-state index < -0.39 is 0 Å². The predicted molar refractivity (Wildman–Crippen MR) is 70.1 cm³/mol. The fourth-order valence-corrected chi connectivity index (χ4v) is 2.26. The summed E-state index contributed by atoms with van der Waals surface area (Å²) in [5.74, 6) is 0.116. The second kappa shape index (κ2) is 6.00. The molecule has 1 amide bonds. The fourth-order valence-electron chi connectivity index (χ4n) is 2.26. The van der Waals surface area contributed by atoms with Gasteiger partial charge in [-0.25, -0.2) is 0 Å². The van der Waals surface area contributed by atoms with Gasteiger partial charge in [-0.3, -0.25) is 9.48 Å². The van der Waals surface area contributed by atoms with Crippen molar-refractivity contribution in [3.05, 3.63) is 18.5 Å². The van der Waals surface area contributed by atoms with Crippen LogP contribution in [0, 0.1) is 5.41 Å². The Morgan fingerprint density at radius 3 is 2.94 bits per heavy atom. The molecule has 1 aliphatic heterocycles. The summed E-state index contributed by atoms with van der Waals surface area (Å²) in [6.07, 6.45) is 6.37. The third kappa shape index (κ3) is 3.84. The van der Waals surface area contributed by atoms with E-state index in [1.165, 1.54) is 0 Å². The Labute approximate surface area is 108 Å². The molecule has 0 aliphatic carbocycles. The number of aryl methyl sites for hydroxylation is 1. The van der Waals surface area contributed by atoms with Gasteiger partial charge in [0.1, 0.15) is 0 Å². The zero-order valence-corrected chi connectivity index (χ0v) is 11.0. The Morgan fingerprint density at radius 2 is 2.28 bits per heavy atom. The Hall–Kier alpha value is -1.36. The lowest BCUT2D eigenvalue weighted by Gasteiger charge is -2.34. The van der Waals surface area contributed by atoms with Crippen LogP contribution in [0.2, 0.25) is 0 Å². The molecule has 1 aromatic heterocycles. The van der Waals surface area contributed by atoms with Gasteiger partial charge in [-0.1, -0.05) is 6.92 Å². The van der Waals surface area contributed by atoms with Crippen LogP contribution in [-0.2, 0) is 11.3 Å². The molecule has 2 heterocycles. The molecule has 2 N–H and O–H groups in total. The Kier molecular flexibility index (Phi) is 4.36. The van der Waals surface area contributed by atoms with Gasteiger partial charge < -0.3 is 10.6 Å². The summed E-state index contributed by atoms with van der Waals surface area (Å²) in [4.78, 5) is 11.8. The number of piperidine rings is 1. The molecule has 1 fully saturated rings. The lowest BCUT2D eigenvalue weighted by Crippen LogP contribution is -2.43. The number of rotatable bonds is 5. The van der Waals surface area contributed by atoms with Crippen molar-refractivity contribution in [2.24, 2.45) is 5.41 Å². The standard InChI is InChI=1S/C13H22N4O/c1-13(4-7-14-8-5-13)11-15-12(18)3-10-17-9-2-6-16-17/h2,6,9,14H,3-5,7-8,10-11H2,1H3,(H,15,18). The summed E-state index contributed by atoms with van der Waals surface area (Å²) < 4.78 is 1.78. The lowest BCUT2D eigenvalue weighted by molar-refractivity contribution is -0.121. The second-order valence-electron chi connectivity index (χ2n) is 5.36. The van der Waals surface area contributed by atoms with Crippen LogP contribution in [0.4, 0.5) is 0 Å². The average Bonchev–Trinajstić information content (AvgIpc) is 2.88. The number of carbonyl (C=O) groups excluding carboxylic acids is 1. The van der Waals surface area contributed by atoms with E-state index in [1.54, 1.807) is 10.9 Å². The van der Waals surface area contributed by atoms with E-state index in [0.717, 1.165) is 32.5 Å². The molecule has 0 aromatic carbocycles. The van der Waals surface area contributed by atoms with E-state index in [0.29, 0.717) is 13.0 Å². The van der Waals surface area contributed by atoms with Crippen molar-refractivity contribution in [2.45, 2.75) is 32.7 Å². The maximum Gasteiger partial charge on any atom is 0.221 e. The second-order valence-corrected chi connectivity index (χ2v) is 5.36. The van der Waals surface area contributed by atoms with Crippen LogP contribution in [-0.4, -0.2) is 35.3 Å².